The molecule has 0 unspecified atom stereocenters. The first-order valence-corrected chi connectivity index (χ1v) is 5.81. The van der Waals surface area contributed by atoms with Gasteiger partial charge < -0.3 is 5.32 Å². The molecule has 0 saturated heterocycles. The highest BCUT2D eigenvalue weighted by Crippen LogP contribution is 2.28. The number of nitrogens with one attached hydrogen (secondary N) is 1. The second kappa shape index (κ2) is 5.44. The molecule has 2 aromatic rings. The Morgan fingerprint density at radius 1 is 1.16 bits per heavy atom. The molecule has 0 atom stereocenters. The van der Waals surface area contributed by atoms with E-state index < -0.39 is 11.9 Å². The van der Waals surface area contributed by atoms with Crippen LogP contribution in [0, 0.1) is 0 Å². The molecule has 0 bridgehead atoms. The summed E-state index contributed by atoms with van der Waals surface area (Å²) >= 11 is 0. The van der Waals surface area contributed by atoms with E-state index in [0.29, 0.717) is 18.8 Å². The third kappa shape index (κ3) is 3.57. The molecular weight excluding hydrogens is 255 g/mol. The van der Waals surface area contributed by atoms with Gasteiger partial charge in [-0.05, 0) is 11.6 Å². The van der Waals surface area contributed by atoms with Gasteiger partial charge in [-0.3, -0.25) is 4.68 Å². The van der Waals surface area contributed by atoms with Gasteiger partial charge in [0.2, 0.25) is 0 Å². The fraction of sp³-hybridized carbons (Fsp3) is 0.308. The van der Waals surface area contributed by atoms with Crippen LogP contribution in [-0.4, -0.2) is 9.78 Å². The summed E-state index contributed by atoms with van der Waals surface area (Å²) in [5, 5.41) is 6.55. The van der Waals surface area contributed by atoms with Crippen molar-refractivity contribution in [1.82, 2.24) is 15.1 Å². The van der Waals surface area contributed by atoms with Gasteiger partial charge in [-0.15, -0.1) is 0 Å². The molecule has 0 saturated carbocycles. The number of hydrogen-bond acceptors (Lipinski definition) is 2. The molecule has 1 aromatic heterocycles. The maximum absolute atomic E-state index is 12.5. The Morgan fingerprint density at radius 2 is 1.84 bits per heavy atom. The number of halogens is 3. The van der Waals surface area contributed by atoms with Crippen molar-refractivity contribution in [1.29, 1.82) is 0 Å². The van der Waals surface area contributed by atoms with Crippen LogP contribution >= 0.6 is 0 Å². The van der Waals surface area contributed by atoms with Crippen LogP contribution in [0.3, 0.4) is 0 Å². The Kier molecular flexibility index (Phi) is 3.90. The highest BCUT2D eigenvalue weighted by molar-refractivity contribution is 5.15. The van der Waals surface area contributed by atoms with Crippen molar-refractivity contribution >= 4 is 0 Å². The summed E-state index contributed by atoms with van der Waals surface area (Å²) < 4.78 is 38.7. The van der Waals surface area contributed by atoms with Crippen LogP contribution in [0.5, 0.6) is 0 Å². The first-order valence-electron chi connectivity index (χ1n) is 5.81. The number of benzene rings is 1. The molecule has 2 rings (SSSR count). The maximum atomic E-state index is 12.5. The number of rotatable bonds is 4. The van der Waals surface area contributed by atoms with Crippen LogP contribution in [0.4, 0.5) is 13.2 Å². The zero-order valence-electron chi connectivity index (χ0n) is 10.4. The molecule has 0 amide bonds. The third-order valence-corrected chi connectivity index (χ3v) is 2.75. The van der Waals surface area contributed by atoms with E-state index in [2.05, 4.69) is 10.4 Å². The average Bonchev–Trinajstić information content (AvgIpc) is 2.72. The van der Waals surface area contributed by atoms with Crippen molar-refractivity contribution in [3.05, 3.63) is 53.3 Å². The van der Waals surface area contributed by atoms with Gasteiger partial charge in [0.1, 0.15) is 0 Å². The molecule has 102 valence electrons. The third-order valence-electron chi connectivity index (χ3n) is 2.75. The lowest BCUT2D eigenvalue weighted by Gasteiger charge is -2.04. The summed E-state index contributed by atoms with van der Waals surface area (Å²) in [5.74, 6) is 0. The Balaban J connectivity index is 1.95. The van der Waals surface area contributed by atoms with Crippen molar-refractivity contribution < 1.29 is 13.2 Å². The second-order valence-corrected chi connectivity index (χ2v) is 4.23. The van der Waals surface area contributed by atoms with Crippen LogP contribution in [0.15, 0.2) is 36.4 Å². The number of aryl methyl sites for hydroxylation is 1. The molecule has 0 spiro atoms. The van der Waals surface area contributed by atoms with Crippen LogP contribution in [0.1, 0.15) is 17.0 Å². The molecule has 1 heterocycles. The van der Waals surface area contributed by atoms with Gasteiger partial charge in [-0.2, -0.15) is 18.3 Å². The van der Waals surface area contributed by atoms with Crippen LogP contribution in [-0.2, 0) is 26.3 Å². The normalized spacial score (nSPS) is 11.8. The molecular formula is C13H14F3N3. The molecule has 0 fully saturated rings. The number of aromatic nitrogens is 2. The second-order valence-electron chi connectivity index (χ2n) is 4.23. The first kappa shape index (κ1) is 13.6. The van der Waals surface area contributed by atoms with E-state index >= 15 is 0 Å². The zero-order chi connectivity index (χ0) is 13.9. The van der Waals surface area contributed by atoms with Crippen molar-refractivity contribution in [2.45, 2.75) is 19.3 Å². The first-order chi connectivity index (χ1) is 8.97. The van der Waals surface area contributed by atoms with E-state index in [4.69, 9.17) is 0 Å². The van der Waals surface area contributed by atoms with E-state index in [1.165, 1.54) is 11.7 Å². The lowest BCUT2D eigenvalue weighted by atomic mass is 10.2. The summed E-state index contributed by atoms with van der Waals surface area (Å²) in [4.78, 5) is 0. The highest BCUT2D eigenvalue weighted by Gasteiger charge is 2.34. The predicted octanol–water partition coefficient (Wildman–Crippen LogP) is 2.73. The smallest absolute Gasteiger partial charge is 0.307 e. The highest BCUT2D eigenvalue weighted by atomic mass is 19.4. The fourth-order valence-corrected chi connectivity index (χ4v) is 1.74. The summed E-state index contributed by atoms with van der Waals surface area (Å²) in [6.45, 7) is 0.946. The maximum Gasteiger partial charge on any atom is 0.435 e. The van der Waals surface area contributed by atoms with Crippen molar-refractivity contribution in [2.24, 2.45) is 7.05 Å². The monoisotopic (exact) mass is 269 g/mol. The zero-order valence-corrected chi connectivity index (χ0v) is 10.4. The molecule has 0 radical (unpaired) electrons. The minimum atomic E-state index is -4.39. The summed E-state index contributed by atoms with van der Waals surface area (Å²) in [7, 11) is 1.51. The minimum Gasteiger partial charge on any atom is -0.307 e. The molecule has 19 heavy (non-hydrogen) atoms. The van der Waals surface area contributed by atoms with Gasteiger partial charge in [-0.25, -0.2) is 0 Å². The molecule has 0 aliphatic carbocycles. The summed E-state index contributed by atoms with van der Waals surface area (Å²) in [6, 6.07) is 10.7. The van der Waals surface area contributed by atoms with Crippen LogP contribution < -0.4 is 5.32 Å². The lowest BCUT2D eigenvalue weighted by molar-refractivity contribution is -0.141. The van der Waals surface area contributed by atoms with E-state index in [0.717, 1.165) is 11.6 Å². The van der Waals surface area contributed by atoms with E-state index in [-0.39, 0.29) is 0 Å². The Hall–Kier alpha value is -1.82. The fourth-order valence-electron chi connectivity index (χ4n) is 1.74. The van der Waals surface area contributed by atoms with Crippen molar-refractivity contribution in [3.8, 4) is 0 Å². The Morgan fingerprint density at radius 3 is 2.42 bits per heavy atom. The molecule has 1 N–H and O–H groups in total. The Labute approximate surface area is 109 Å². The van der Waals surface area contributed by atoms with Gasteiger partial charge in [0.25, 0.3) is 0 Å². The molecule has 0 aliphatic heterocycles. The van der Waals surface area contributed by atoms with Crippen LogP contribution in [0.2, 0.25) is 0 Å². The molecule has 3 nitrogen and oxygen atoms in total. The summed E-state index contributed by atoms with van der Waals surface area (Å²) in [6.07, 6.45) is -4.39. The van der Waals surface area contributed by atoms with E-state index in [1.807, 2.05) is 30.3 Å². The standard InChI is InChI=1S/C13H14F3N3/c1-19-11(7-12(18-19)13(14,15)16)9-17-8-10-5-3-2-4-6-10/h2-7,17H,8-9H2,1H3. The number of hydrogen-bond donors (Lipinski definition) is 1. The number of nitrogens with zero attached hydrogens (tertiary/aromatic N) is 2. The van der Waals surface area contributed by atoms with E-state index in [1.54, 1.807) is 0 Å². The Bertz CT molecular complexity index is 532. The van der Waals surface area contributed by atoms with Gasteiger partial charge in [0, 0.05) is 20.1 Å². The quantitative estimate of drug-likeness (QED) is 0.925. The SMILES string of the molecule is Cn1nc(C(F)(F)F)cc1CNCc1ccccc1. The summed E-state index contributed by atoms with van der Waals surface area (Å²) in [5.41, 5.74) is 0.732. The minimum absolute atomic E-state index is 0.342. The van der Waals surface area contributed by atoms with Crippen molar-refractivity contribution in [3.63, 3.8) is 0 Å². The number of alkyl halides is 3. The topological polar surface area (TPSA) is 29.9 Å². The average molecular weight is 269 g/mol. The predicted molar refractivity (Wildman–Crippen MR) is 65.2 cm³/mol. The van der Waals surface area contributed by atoms with Gasteiger partial charge in [0.15, 0.2) is 5.69 Å². The molecule has 6 heteroatoms. The van der Waals surface area contributed by atoms with Gasteiger partial charge >= 0.3 is 6.18 Å². The largest absolute Gasteiger partial charge is 0.435 e. The molecule has 0 aliphatic rings. The van der Waals surface area contributed by atoms with Crippen molar-refractivity contribution in [2.75, 3.05) is 0 Å². The lowest BCUT2D eigenvalue weighted by Crippen LogP contribution is -2.15. The van der Waals surface area contributed by atoms with Gasteiger partial charge in [0.05, 0.1) is 5.69 Å². The molecule has 1 aromatic carbocycles. The van der Waals surface area contributed by atoms with Crippen LogP contribution in [0.25, 0.3) is 0 Å². The van der Waals surface area contributed by atoms with E-state index in [9.17, 15) is 13.2 Å². The van der Waals surface area contributed by atoms with Gasteiger partial charge in [-0.1, -0.05) is 30.3 Å².